The average molecular weight is 300 g/mol. The summed E-state index contributed by atoms with van der Waals surface area (Å²) in [7, 11) is 0. The van der Waals surface area contributed by atoms with Crippen molar-refractivity contribution in [3.63, 3.8) is 0 Å². The number of imidazole rings is 1. The van der Waals surface area contributed by atoms with Gasteiger partial charge in [0.1, 0.15) is 0 Å². The Hall–Kier alpha value is -2.00. The van der Waals surface area contributed by atoms with Gasteiger partial charge in [0.15, 0.2) is 0 Å². The van der Waals surface area contributed by atoms with E-state index in [1.54, 1.807) is 0 Å². The topological polar surface area (TPSA) is 43.8 Å². The van der Waals surface area contributed by atoms with Gasteiger partial charge >= 0.3 is 0 Å². The van der Waals surface area contributed by atoms with E-state index in [4.69, 9.17) is 17.3 Å². The average Bonchev–Trinajstić information content (AvgIpc) is 2.75. The molecule has 0 spiro atoms. The van der Waals surface area contributed by atoms with Crippen molar-refractivity contribution in [3.05, 3.63) is 53.1 Å². The van der Waals surface area contributed by atoms with Crippen LogP contribution in [0.25, 0.3) is 16.7 Å². The van der Waals surface area contributed by atoms with E-state index in [0.29, 0.717) is 11.0 Å². The van der Waals surface area contributed by atoms with Crippen molar-refractivity contribution in [1.82, 2.24) is 9.55 Å². The van der Waals surface area contributed by atoms with Gasteiger partial charge in [-0.15, -0.1) is 0 Å². The van der Waals surface area contributed by atoms with Gasteiger partial charge in [-0.1, -0.05) is 50.6 Å². The highest BCUT2D eigenvalue weighted by molar-refractivity contribution is 6.35. The van der Waals surface area contributed by atoms with Gasteiger partial charge < -0.3 is 5.73 Å². The molecule has 0 radical (unpaired) electrons. The third kappa shape index (κ3) is 2.38. The van der Waals surface area contributed by atoms with Crippen LogP contribution in [0.2, 0.25) is 5.02 Å². The quantitative estimate of drug-likeness (QED) is 0.716. The molecule has 3 nitrogen and oxygen atoms in total. The van der Waals surface area contributed by atoms with Gasteiger partial charge in [0.25, 0.3) is 0 Å². The Kier molecular flexibility index (Phi) is 3.18. The third-order valence-electron chi connectivity index (χ3n) is 3.64. The second-order valence-corrected chi connectivity index (χ2v) is 6.62. The lowest BCUT2D eigenvalue weighted by atomic mass is 9.87. The zero-order chi connectivity index (χ0) is 15.2. The van der Waals surface area contributed by atoms with Crippen LogP contribution in [0.1, 0.15) is 26.3 Å². The first-order valence-electron chi connectivity index (χ1n) is 6.91. The number of aromatic nitrogens is 2. The number of hydrogen-bond donors (Lipinski definition) is 1. The van der Waals surface area contributed by atoms with Gasteiger partial charge in [-0.25, -0.2) is 4.98 Å². The van der Waals surface area contributed by atoms with Crippen molar-refractivity contribution in [2.24, 2.45) is 0 Å². The molecule has 3 rings (SSSR count). The van der Waals surface area contributed by atoms with Crippen LogP contribution in [0.5, 0.6) is 0 Å². The monoisotopic (exact) mass is 299 g/mol. The molecule has 0 atom stereocenters. The Bertz CT molecular complexity index is 795. The molecular formula is C17H18ClN3. The lowest BCUT2D eigenvalue weighted by Crippen LogP contribution is -2.11. The van der Waals surface area contributed by atoms with E-state index in [0.717, 1.165) is 16.7 Å². The third-order valence-corrected chi connectivity index (χ3v) is 3.95. The first kappa shape index (κ1) is 14.0. The number of nitrogen functional groups attached to an aromatic ring is 1. The van der Waals surface area contributed by atoms with E-state index >= 15 is 0 Å². The van der Waals surface area contributed by atoms with Gasteiger partial charge in [0, 0.05) is 5.69 Å². The molecule has 0 aliphatic rings. The standard InChI is InChI=1S/C17H18ClN3/c1-17(2,3)11-7-9-12(10-8-11)21-15-13(18)5-4-6-14(15)20-16(21)19/h4-10H,1-3H3,(H2,19,20). The fourth-order valence-corrected chi connectivity index (χ4v) is 2.73. The number of para-hydroxylation sites is 1. The fourth-order valence-electron chi connectivity index (χ4n) is 2.48. The van der Waals surface area contributed by atoms with E-state index in [9.17, 15) is 0 Å². The molecule has 0 bridgehead atoms. The predicted molar refractivity (Wildman–Crippen MR) is 89.2 cm³/mol. The van der Waals surface area contributed by atoms with Crippen LogP contribution in [0.15, 0.2) is 42.5 Å². The second-order valence-electron chi connectivity index (χ2n) is 6.21. The lowest BCUT2D eigenvalue weighted by molar-refractivity contribution is 0.590. The smallest absolute Gasteiger partial charge is 0.205 e. The molecule has 0 unspecified atom stereocenters. The maximum atomic E-state index is 6.31. The normalized spacial score (nSPS) is 12.0. The molecule has 3 aromatic rings. The van der Waals surface area contributed by atoms with Gasteiger partial charge in [0.2, 0.25) is 5.95 Å². The molecule has 1 heterocycles. The number of rotatable bonds is 1. The van der Waals surface area contributed by atoms with Crippen molar-refractivity contribution >= 4 is 28.6 Å². The highest BCUT2D eigenvalue weighted by Gasteiger charge is 2.15. The molecule has 0 saturated carbocycles. The van der Waals surface area contributed by atoms with Crippen LogP contribution in [0.4, 0.5) is 5.95 Å². The zero-order valence-corrected chi connectivity index (χ0v) is 13.1. The lowest BCUT2D eigenvalue weighted by Gasteiger charge is -2.19. The molecule has 0 saturated heterocycles. The first-order chi connectivity index (χ1) is 9.88. The molecule has 21 heavy (non-hydrogen) atoms. The Morgan fingerprint density at radius 1 is 1.05 bits per heavy atom. The summed E-state index contributed by atoms with van der Waals surface area (Å²) in [5, 5.41) is 0.650. The summed E-state index contributed by atoms with van der Waals surface area (Å²) in [5.41, 5.74) is 10.1. The Morgan fingerprint density at radius 2 is 1.71 bits per heavy atom. The largest absolute Gasteiger partial charge is 0.369 e. The van der Waals surface area contributed by atoms with Crippen molar-refractivity contribution < 1.29 is 0 Å². The Balaban J connectivity index is 2.19. The van der Waals surface area contributed by atoms with Crippen LogP contribution < -0.4 is 5.73 Å². The van der Waals surface area contributed by atoms with E-state index < -0.39 is 0 Å². The molecule has 4 heteroatoms. The van der Waals surface area contributed by atoms with Crippen LogP contribution in [-0.4, -0.2) is 9.55 Å². The fraction of sp³-hybridized carbons (Fsp3) is 0.235. The number of hydrogen-bond acceptors (Lipinski definition) is 2. The first-order valence-corrected chi connectivity index (χ1v) is 7.29. The molecule has 0 aliphatic carbocycles. The maximum Gasteiger partial charge on any atom is 0.205 e. The van der Waals surface area contributed by atoms with Crippen molar-refractivity contribution in [2.45, 2.75) is 26.2 Å². The van der Waals surface area contributed by atoms with Crippen LogP contribution >= 0.6 is 11.6 Å². The summed E-state index contributed by atoms with van der Waals surface area (Å²) in [6, 6.07) is 14.0. The van der Waals surface area contributed by atoms with Crippen molar-refractivity contribution in [2.75, 3.05) is 5.73 Å². The van der Waals surface area contributed by atoms with E-state index in [1.807, 2.05) is 22.8 Å². The number of benzene rings is 2. The maximum absolute atomic E-state index is 6.31. The molecule has 2 aromatic carbocycles. The highest BCUT2D eigenvalue weighted by atomic mass is 35.5. The molecule has 1 aromatic heterocycles. The van der Waals surface area contributed by atoms with Gasteiger partial charge in [-0.2, -0.15) is 0 Å². The van der Waals surface area contributed by atoms with Crippen LogP contribution in [0.3, 0.4) is 0 Å². The van der Waals surface area contributed by atoms with Crippen molar-refractivity contribution in [1.29, 1.82) is 0 Å². The minimum atomic E-state index is 0.124. The Morgan fingerprint density at radius 3 is 2.33 bits per heavy atom. The van der Waals surface area contributed by atoms with Crippen LogP contribution in [-0.2, 0) is 5.41 Å². The van der Waals surface area contributed by atoms with Crippen molar-refractivity contribution in [3.8, 4) is 5.69 Å². The highest BCUT2D eigenvalue weighted by Crippen LogP contribution is 2.30. The van der Waals surface area contributed by atoms with Crippen LogP contribution in [0, 0.1) is 0 Å². The number of anilines is 1. The Labute approximate surface area is 129 Å². The molecule has 2 N–H and O–H groups in total. The minimum absolute atomic E-state index is 0.124. The van der Waals surface area contributed by atoms with E-state index in [1.165, 1.54) is 5.56 Å². The van der Waals surface area contributed by atoms with E-state index in [2.05, 4.69) is 50.0 Å². The number of fused-ring (bicyclic) bond motifs is 1. The molecule has 0 amide bonds. The minimum Gasteiger partial charge on any atom is -0.369 e. The summed E-state index contributed by atoms with van der Waals surface area (Å²) in [5.74, 6) is 0.446. The molecule has 0 fully saturated rings. The van der Waals surface area contributed by atoms with E-state index in [-0.39, 0.29) is 5.41 Å². The summed E-state index contributed by atoms with van der Waals surface area (Å²) < 4.78 is 1.89. The molecule has 108 valence electrons. The summed E-state index contributed by atoms with van der Waals surface area (Å²) in [6.45, 7) is 6.58. The molecule has 0 aliphatic heterocycles. The summed E-state index contributed by atoms with van der Waals surface area (Å²) in [4.78, 5) is 4.38. The van der Waals surface area contributed by atoms with Gasteiger partial charge in [-0.05, 0) is 35.2 Å². The van der Waals surface area contributed by atoms with Gasteiger partial charge in [-0.3, -0.25) is 4.57 Å². The number of nitrogens with zero attached hydrogens (tertiary/aromatic N) is 2. The van der Waals surface area contributed by atoms with Gasteiger partial charge in [0.05, 0.1) is 16.1 Å². The second kappa shape index (κ2) is 4.78. The molecular weight excluding hydrogens is 282 g/mol. The zero-order valence-electron chi connectivity index (χ0n) is 12.4. The number of halogens is 1. The predicted octanol–water partition coefficient (Wildman–Crippen LogP) is 4.56. The SMILES string of the molecule is CC(C)(C)c1ccc(-n2c(N)nc3cccc(Cl)c32)cc1. The number of nitrogens with two attached hydrogens (primary N) is 1. The summed E-state index contributed by atoms with van der Waals surface area (Å²) >= 11 is 6.31. The summed E-state index contributed by atoms with van der Waals surface area (Å²) in [6.07, 6.45) is 0.